The van der Waals surface area contributed by atoms with Gasteiger partial charge >= 0.3 is 0 Å². The van der Waals surface area contributed by atoms with Crippen molar-refractivity contribution < 1.29 is 31.1 Å². The number of aromatic nitrogens is 2. The topological polar surface area (TPSA) is 43.1 Å². The van der Waals surface area contributed by atoms with Crippen LogP contribution in [0.15, 0.2) is 67.1 Å². The van der Waals surface area contributed by atoms with Crippen LogP contribution in [0.3, 0.4) is 0 Å². The number of carbonyl (C=O) groups excluding carboxylic acids is 1. The number of hydrogen-bond acceptors (Lipinski definition) is 3. The summed E-state index contributed by atoms with van der Waals surface area (Å²) in [6.45, 7) is 0.236. The minimum atomic E-state index is 0. The second-order valence-corrected chi connectivity index (χ2v) is 5.71. The van der Waals surface area contributed by atoms with Crippen LogP contribution in [0.2, 0.25) is 5.02 Å². The van der Waals surface area contributed by atoms with Crippen LogP contribution in [0.25, 0.3) is 11.3 Å². The van der Waals surface area contributed by atoms with Gasteiger partial charge in [-0.15, -0.1) is 0 Å². The van der Waals surface area contributed by atoms with Gasteiger partial charge in [-0.25, -0.2) is 4.57 Å². The van der Waals surface area contributed by atoms with Gasteiger partial charge in [0.25, 0.3) is 6.33 Å². The van der Waals surface area contributed by atoms with Crippen molar-refractivity contribution in [2.45, 2.75) is 6.54 Å². The van der Waals surface area contributed by atoms with Crippen LogP contribution in [-0.2, 0) is 6.54 Å². The zero-order valence-electron chi connectivity index (χ0n) is 13.5. The predicted molar refractivity (Wildman–Crippen MR) is 92.2 cm³/mol. The first-order chi connectivity index (χ1) is 11.7. The average Bonchev–Trinajstić information content (AvgIpc) is 2.63. The molecule has 0 aliphatic rings. The second-order valence-electron chi connectivity index (χ2n) is 5.28. The molecule has 0 atom stereocenters. The van der Waals surface area contributed by atoms with Crippen LogP contribution >= 0.6 is 11.6 Å². The molecule has 0 spiro atoms. The molecule has 0 amide bonds. The van der Waals surface area contributed by atoms with Crippen LogP contribution in [0.4, 0.5) is 0 Å². The lowest BCUT2D eigenvalue weighted by molar-refractivity contribution is -0.686. The lowest BCUT2D eigenvalue weighted by Crippen LogP contribution is -3.00. The van der Waals surface area contributed by atoms with E-state index in [0.717, 1.165) is 17.0 Å². The molecule has 6 heteroatoms. The molecule has 3 aromatic rings. The van der Waals surface area contributed by atoms with E-state index in [2.05, 4.69) is 4.98 Å². The van der Waals surface area contributed by atoms with Gasteiger partial charge in [-0.1, -0.05) is 11.6 Å². The third-order valence-corrected chi connectivity index (χ3v) is 3.90. The van der Waals surface area contributed by atoms with Crippen molar-refractivity contribution in [2.24, 2.45) is 0 Å². The number of ketones is 1. The normalized spacial score (nSPS) is 10.0. The first kappa shape index (κ1) is 19.1. The molecular weight excluding hydrogens is 404 g/mol. The molecule has 0 bridgehead atoms. The van der Waals surface area contributed by atoms with Crippen molar-refractivity contribution >= 4 is 17.4 Å². The van der Waals surface area contributed by atoms with Crippen molar-refractivity contribution in [1.29, 1.82) is 0 Å². The number of nitrogens with zero attached hydrogens (tertiary/aromatic N) is 2. The minimum absolute atomic E-state index is 0. The van der Waals surface area contributed by atoms with Gasteiger partial charge in [0.15, 0.2) is 12.2 Å². The Hall–Kier alpha value is -2.24. The van der Waals surface area contributed by atoms with Gasteiger partial charge in [0.1, 0.15) is 5.75 Å². The highest BCUT2D eigenvalue weighted by Crippen LogP contribution is 2.18. The van der Waals surface area contributed by atoms with E-state index in [4.69, 9.17) is 16.3 Å². The smallest absolute Gasteiger partial charge is 0.287 e. The maximum absolute atomic E-state index is 12.3. The van der Waals surface area contributed by atoms with Crippen LogP contribution < -0.4 is 26.3 Å². The number of carbonyl (C=O) groups is 1. The Balaban J connectivity index is 0.00000225. The number of hydrogen-bond donors (Lipinski definition) is 0. The first-order valence-electron chi connectivity index (χ1n) is 7.44. The molecule has 0 N–H and O–H groups in total. The molecule has 2 aromatic carbocycles. The van der Waals surface area contributed by atoms with Gasteiger partial charge in [-0.3, -0.25) is 4.79 Å². The molecule has 0 radical (unpaired) electrons. The van der Waals surface area contributed by atoms with E-state index in [1.165, 1.54) is 0 Å². The third-order valence-electron chi connectivity index (χ3n) is 3.65. The number of rotatable bonds is 5. The summed E-state index contributed by atoms with van der Waals surface area (Å²) in [7, 11) is 1.60. The summed E-state index contributed by atoms with van der Waals surface area (Å²) in [6, 6.07) is 16.4. The predicted octanol–water partition coefficient (Wildman–Crippen LogP) is 0.585. The zero-order chi connectivity index (χ0) is 16.9. The molecule has 1 heterocycles. The fraction of sp³-hybridized carbons (Fsp3) is 0.105. The zero-order valence-corrected chi connectivity index (χ0v) is 15.9. The van der Waals surface area contributed by atoms with Crippen molar-refractivity contribution in [3.05, 3.63) is 77.7 Å². The van der Waals surface area contributed by atoms with Crippen LogP contribution in [0, 0.1) is 0 Å². The first-order valence-corrected chi connectivity index (χ1v) is 7.82. The molecule has 0 aliphatic carbocycles. The quantitative estimate of drug-likeness (QED) is 0.449. The molecule has 1 aromatic heterocycles. The largest absolute Gasteiger partial charge is 1.00 e. The summed E-state index contributed by atoms with van der Waals surface area (Å²) in [5.74, 6) is 0.747. The molecule has 3 rings (SSSR count). The summed E-state index contributed by atoms with van der Waals surface area (Å²) < 4.78 is 6.85. The lowest BCUT2D eigenvalue weighted by atomic mass is 10.1. The summed E-state index contributed by atoms with van der Waals surface area (Å²) in [5.41, 5.74) is 2.46. The number of Topliss-reactive ketones (excluding diaryl/α,β-unsaturated/α-hetero) is 1. The highest BCUT2D eigenvalue weighted by Gasteiger charge is 2.12. The third kappa shape index (κ3) is 4.87. The van der Waals surface area contributed by atoms with Crippen molar-refractivity contribution in [2.75, 3.05) is 7.11 Å². The highest BCUT2D eigenvalue weighted by molar-refractivity contribution is 6.30. The van der Waals surface area contributed by atoms with Crippen LogP contribution in [-0.4, -0.2) is 17.9 Å². The van der Waals surface area contributed by atoms with Crippen LogP contribution in [0.5, 0.6) is 5.75 Å². The van der Waals surface area contributed by atoms with Gasteiger partial charge in [-0.2, -0.15) is 0 Å². The molecular formula is C19H16BrClN2O2. The Morgan fingerprint density at radius 2 is 1.76 bits per heavy atom. The van der Waals surface area contributed by atoms with E-state index in [-0.39, 0.29) is 29.3 Å². The Labute approximate surface area is 161 Å². The second kappa shape index (κ2) is 8.74. The Morgan fingerprint density at radius 3 is 2.32 bits per heavy atom. The molecule has 0 fully saturated rings. The van der Waals surface area contributed by atoms with E-state index in [0.29, 0.717) is 10.6 Å². The fourth-order valence-corrected chi connectivity index (χ4v) is 2.43. The van der Waals surface area contributed by atoms with Crippen LogP contribution in [0.1, 0.15) is 10.4 Å². The number of benzene rings is 2. The molecule has 0 saturated heterocycles. The fourth-order valence-electron chi connectivity index (χ4n) is 2.30. The summed E-state index contributed by atoms with van der Waals surface area (Å²) >= 11 is 5.89. The van der Waals surface area contributed by atoms with Gasteiger partial charge in [0, 0.05) is 22.2 Å². The monoisotopic (exact) mass is 418 g/mol. The summed E-state index contributed by atoms with van der Waals surface area (Å²) in [5, 5.41) is 0.690. The standard InChI is InChI=1S/C19H16ClN2O2.BrH/c1-24-17-8-4-15(5-9-17)19(23)12-22-11-10-18(21-13-22)14-2-6-16(20)7-3-14;/h2-11,13H,12H2,1H3;1H/q+1;/p-1. The van der Waals surface area contributed by atoms with E-state index in [1.807, 2.05) is 36.5 Å². The van der Waals surface area contributed by atoms with Gasteiger partial charge in [-0.05, 0) is 53.5 Å². The van der Waals surface area contributed by atoms with E-state index in [9.17, 15) is 4.79 Å². The Bertz CT molecular complexity index is 835. The van der Waals surface area contributed by atoms with Crippen molar-refractivity contribution in [3.8, 4) is 17.0 Å². The van der Waals surface area contributed by atoms with Gasteiger partial charge in [0.2, 0.25) is 5.78 Å². The maximum atomic E-state index is 12.3. The molecule has 0 unspecified atom stereocenters. The molecule has 0 aliphatic heterocycles. The Morgan fingerprint density at radius 1 is 1.08 bits per heavy atom. The molecule has 0 saturated carbocycles. The number of methoxy groups -OCH3 is 1. The molecule has 25 heavy (non-hydrogen) atoms. The van der Waals surface area contributed by atoms with Gasteiger partial charge in [0.05, 0.1) is 13.3 Å². The SMILES string of the molecule is COc1ccc(C(=O)C[n+]2ccc(-c3ccc(Cl)cc3)nc2)cc1.[Br-]. The molecule has 128 valence electrons. The van der Waals surface area contributed by atoms with Crippen molar-refractivity contribution in [3.63, 3.8) is 0 Å². The summed E-state index contributed by atoms with van der Waals surface area (Å²) in [6.07, 6.45) is 3.50. The van der Waals surface area contributed by atoms with Gasteiger partial charge < -0.3 is 21.7 Å². The minimum Gasteiger partial charge on any atom is -1.00 e. The highest BCUT2D eigenvalue weighted by atomic mass is 79.9. The lowest BCUT2D eigenvalue weighted by Gasteiger charge is -2.02. The molecule has 4 nitrogen and oxygen atoms in total. The van der Waals surface area contributed by atoms with E-state index in [1.54, 1.807) is 42.3 Å². The Kier molecular flexibility index (Phi) is 6.67. The average molecular weight is 420 g/mol. The van der Waals surface area contributed by atoms with E-state index < -0.39 is 0 Å². The number of ether oxygens (including phenoxy) is 1. The maximum Gasteiger partial charge on any atom is 0.287 e. The number of halogens is 2. The van der Waals surface area contributed by atoms with E-state index >= 15 is 0 Å². The summed E-state index contributed by atoms with van der Waals surface area (Å²) in [4.78, 5) is 16.7. The van der Waals surface area contributed by atoms with Crippen molar-refractivity contribution in [1.82, 2.24) is 4.98 Å².